The van der Waals surface area contributed by atoms with E-state index >= 15 is 0 Å². The fourth-order valence-electron chi connectivity index (χ4n) is 3.35. The van der Waals surface area contributed by atoms with E-state index < -0.39 is 0 Å². The van der Waals surface area contributed by atoms with Gasteiger partial charge in [-0.15, -0.1) is 11.3 Å². The zero-order valence-electron chi connectivity index (χ0n) is 13.6. The zero-order valence-corrected chi connectivity index (χ0v) is 15.3. The molecule has 0 radical (unpaired) electrons. The van der Waals surface area contributed by atoms with E-state index in [4.69, 9.17) is 0 Å². The van der Waals surface area contributed by atoms with Crippen molar-refractivity contribution in [2.75, 3.05) is 37.7 Å². The maximum atomic E-state index is 12.7. The fourth-order valence-corrected chi connectivity index (χ4v) is 5.30. The Kier molecular flexibility index (Phi) is 5.77. The topological polar surface area (TPSA) is 40.6 Å². The summed E-state index contributed by atoms with van der Waals surface area (Å²) in [5, 5.41) is 0. The van der Waals surface area contributed by atoms with Crippen molar-refractivity contribution in [2.24, 2.45) is 0 Å². The van der Waals surface area contributed by atoms with Crippen molar-refractivity contribution >= 4 is 34.8 Å². The predicted molar refractivity (Wildman–Crippen MR) is 96.8 cm³/mol. The Morgan fingerprint density at radius 1 is 1.04 bits per heavy atom. The molecule has 2 saturated heterocycles. The van der Waals surface area contributed by atoms with E-state index in [1.807, 2.05) is 4.90 Å². The molecule has 126 valence electrons. The molecule has 3 rings (SSSR count). The lowest BCUT2D eigenvalue weighted by Crippen LogP contribution is -2.41. The van der Waals surface area contributed by atoms with Crippen LogP contribution in [0.3, 0.4) is 0 Å². The van der Waals surface area contributed by atoms with Crippen LogP contribution >= 0.6 is 23.1 Å². The van der Waals surface area contributed by atoms with Crippen LogP contribution in [0.25, 0.3) is 0 Å². The number of hydrogen-bond donors (Lipinski definition) is 0. The largest absolute Gasteiger partial charge is 0.337 e. The zero-order chi connectivity index (χ0) is 16.2. The van der Waals surface area contributed by atoms with Gasteiger partial charge in [0.25, 0.3) is 5.91 Å². The van der Waals surface area contributed by atoms with E-state index in [1.165, 1.54) is 35.7 Å². The quantitative estimate of drug-likeness (QED) is 0.784. The summed E-state index contributed by atoms with van der Waals surface area (Å²) < 4.78 is 0. The van der Waals surface area contributed by atoms with Crippen LogP contribution in [0.1, 0.15) is 45.5 Å². The standard InChI is InChI=1S/C17H24N2O2S2/c1-13(20)15-3-4-16(23-15)17(21)19-8-2-7-18(9-10-19)14-5-11-22-12-6-14/h3-4,14H,2,5-12H2,1H3. The van der Waals surface area contributed by atoms with E-state index in [0.717, 1.165) is 32.6 Å². The minimum atomic E-state index is 0.0336. The van der Waals surface area contributed by atoms with Crippen molar-refractivity contribution in [3.05, 3.63) is 21.9 Å². The molecule has 4 nitrogen and oxygen atoms in total. The van der Waals surface area contributed by atoms with Gasteiger partial charge < -0.3 is 4.90 Å². The third-order valence-electron chi connectivity index (χ3n) is 4.69. The maximum absolute atomic E-state index is 12.7. The third kappa shape index (κ3) is 4.17. The molecule has 2 aliphatic rings. The van der Waals surface area contributed by atoms with Crippen molar-refractivity contribution < 1.29 is 9.59 Å². The SMILES string of the molecule is CC(=O)c1ccc(C(=O)N2CCCN(C3CCSCC3)CC2)s1. The number of thiophene rings is 1. The van der Waals surface area contributed by atoms with Gasteiger partial charge in [-0.3, -0.25) is 14.5 Å². The monoisotopic (exact) mass is 352 g/mol. The summed E-state index contributed by atoms with van der Waals surface area (Å²) in [6.45, 7) is 5.25. The van der Waals surface area contributed by atoms with Crippen molar-refractivity contribution in [3.8, 4) is 0 Å². The average Bonchev–Trinajstić information content (AvgIpc) is 2.94. The van der Waals surface area contributed by atoms with Gasteiger partial charge in [-0.1, -0.05) is 0 Å². The van der Waals surface area contributed by atoms with E-state index in [-0.39, 0.29) is 11.7 Å². The molecular formula is C17H24N2O2S2. The van der Waals surface area contributed by atoms with Crippen LogP contribution in [-0.4, -0.2) is 65.2 Å². The van der Waals surface area contributed by atoms with Crippen LogP contribution in [0, 0.1) is 0 Å². The molecule has 0 aliphatic carbocycles. The average molecular weight is 353 g/mol. The van der Waals surface area contributed by atoms with Crippen LogP contribution in [-0.2, 0) is 0 Å². The molecule has 0 N–H and O–H groups in total. The summed E-state index contributed by atoms with van der Waals surface area (Å²) >= 11 is 3.38. The van der Waals surface area contributed by atoms with Gasteiger partial charge in [-0.2, -0.15) is 11.8 Å². The van der Waals surface area contributed by atoms with Gasteiger partial charge in [-0.05, 0) is 49.8 Å². The highest BCUT2D eigenvalue weighted by Crippen LogP contribution is 2.24. The number of thioether (sulfide) groups is 1. The molecular weight excluding hydrogens is 328 g/mol. The molecule has 6 heteroatoms. The second kappa shape index (κ2) is 7.81. The highest BCUT2D eigenvalue weighted by Gasteiger charge is 2.26. The number of rotatable bonds is 3. The smallest absolute Gasteiger partial charge is 0.263 e. The minimum Gasteiger partial charge on any atom is -0.337 e. The first-order valence-electron chi connectivity index (χ1n) is 8.37. The molecule has 23 heavy (non-hydrogen) atoms. The van der Waals surface area contributed by atoms with Crippen molar-refractivity contribution in [1.29, 1.82) is 0 Å². The fraction of sp³-hybridized carbons (Fsp3) is 0.647. The lowest BCUT2D eigenvalue weighted by Gasteiger charge is -2.33. The molecule has 1 aromatic heterocycles. The van der Waals surface area contributed by atoms with Gasteiger partial charge in [0.2, 0.25) is 0 Å². The Hall–Kier alpha value is -0.850. The van der Waals surface area contributed by atoms with Crippen LogP contribution < -0.4 is 0 Å². The molecule has 0 bridgehead atoms. The Morgan fingerprint density at radius 2 is 1.78 bits per heavy atom. The van der Waals surface area contributed by atoms with E-state index in [1.54, 1.807) is 19.1 Å². The Morgan fingerprint density at radius 3 is 2.48 bits per heavy atom. The van der Waals surface area contributed by atoms with Crippen LogP contribution in [0.2, 0.25) is 0 Å². The second-order valence-electron chi connectivity index (χ2n) is 6.25. The first-order valence-corrected chi connectivity index (χ1v) is 10.3. The Labute approximate surface area is 146 Å². The van der Waals surface area contributed by atoms with E-state index in [0.29, 0.717) is 15.8 Å². The van der Waals surface area contributed by atoms with E-state index in [2.05, 4.69) is 16.7 Å². The lowest BCUT2D eigenvalue weighted by atomic mass is 10.1. The molecule has 2 fully saturated rings. The molecule has 3 heterocycles. The molecule has 1 aromatic rings. The van der Waals surface area contributed by atoms with E-state index in [9.17, 15) is 9.59 Å². The molecule has 0 saturated carbocycles. The minimum absolute atomic E-state index is 0.0336. The molecule has 0 aromatic carbocycles. The predicted octanol–water partition coefficient (Wildman–Crippen LogP) is 2.99. The molecule has 1 amide bonds. The van der Waals surface area contributed by atoms with Gasteiger partial charge in [0, 0.05) is 32.2 Å². The summed E-state index contributed by atoms with van der Waals surface area (Å²) in [6.07, 6.45) is 3.61. The Bertz CT molecular complexity index is 567. The first kappa shape index (κ1) is 17.0. The van der Waals surface area contributed by atoms with Crippen molar-refractivity contribution in [2.45, 2.75) is 32.2 Å². The number of amides is 1. The molecule has 0 spiro atoms. The highest BCUT2D eigenvalue weighted by atomic mass is 32.2. The number of carbonyl (C=O) groups is 2. The summed E-state index contributed by atoms with van der Waals surface area (Å²) in [5.41, 5.74) is 0. The number of ketones is 1. The summed E-state index contributed by atoms with van der Waals surface area (Å²) in [6, 6.07) is 4.27. The van der Waals surface area contributed by atoms with Gasteiger partial charge in [-0.25, -0.2) is 0 Å². The maximum Gasteiger partial charge on any atom is 0.263 e. The number of hydrogen-bond acceptors (Lipinski definition) is 5. The summed E-state index contributed by atoms with van der Waals surface area (Å²) in [7, 11) is 0. The van der Waals surface area contributed by atoms with Gasteiger partial charge >= 0.3 is 0 Å². The van der Waals surface area contributed by atoms with Crippen LogP contribution in [0.15, 0.2) is 12.1 Å². The van der Waals surface area contributed by atoms with Crippen LogP contribution in [0.5, 0.6) is 0 Å². The summed E-state index contributed by atoms with van der Waals surface area (Å²) in [4.78, 5) is 30.0. The van der Waals surface area contributed by atoms with Crippen molar-refractivity contribution in [1.82, 2.24) is 9.80 Å². The van der Waals surface area contributed by atoms with Crippen LogP contribution in [0.4, 0.5) is 0 Å². The lowest BCUT2D eigenvalue weighted by molar-refractivity contribution is 0.0762. The third-order valence-corrected chi connectivity index (χ3v) is 6.91. The normalized spacial score (nSPS) is 21.2. The van der Waals surface area contributed by atoms with Gasteiger partial charge in [0.1, 0.15) is 0 Å². The summed E-state index contributed by atoms with van der Waals surface area (Å²) in [5.74, 6) is 2.66. The highest BCUT2D eigenvalue weighted by molar-refractivity contribution is 7.99. The van der Waals surface area contributed by atoms with Crippen molar-refractivity contribution in [3.63, 3.8) is 0 Å². The van der Waals surface area contributed by atoms with Gasteiger partial charge in [0.15, 0.2) is 5.78 Å². The molecule has 2 aliphatic heterocycles. The number of Topliss-reactive ketones (excluding diaryl/α,β-unsaturated/α-hetero) is 1. The number of nitrogens with zero attached hydrogens (tertiary/aromatic N) is 2. The second-order valence-corrected chi connectivity index (χ2v) is 8.55. The molecule has 0 atom stereocenters. The Balaban J connectivity index is 1.60. The first-order chi connectivity index (χ1) is 11.1. The number of carbonyl (C=O) groups excluding carboxylic acids is 2. The van der Waals surface area contributed by atoms with Gasteiger partial charge in [0.05, 0.1) is 9.75 Å². The molecule has 0 unspecified atom stereocenters.